The molecule has 0 aliphatic heterocycles. The number of carbonyl (C=O) groups excluding carboxylic acids is 1. The van der Waals surface area contributed by atoms with Crippen LogP contribution in [0.2, 0.25) is 0 Å². The summed E-state index contributed by atoms with van der Waals surface area (Å²) >= 11 is 0. The third-order valence-corrected chi connectivity index (χ3v) is 3.12. The molecule has 4 heteroatoms. The summed E-state index contributed by atoms with van der Waals surface area (Å²) in [6, 6.07) is 7.44. The number of nitrogens with two attached hydrogens (primary N) is 1. The van der Waals surface area contributed by atoms with E-state index in [9.17, 15) is 4.79 Å². The first kappa shape index (κ1) is 17.5. The van der Waals surface area contributed by atoms with E-state index in [1.54, 1.807) is 0 Å². The molecule has 0 aliphatic rings. The number of rotatable bonds is 8. The summed E-state index contributed by atoms with van der Waals surface area (Å²) in [7, 11) is 0. The maximum absolute atomic E-state index is 12.0. The van der Waals surface area contributed by atoms with Crippen LogP contribution in [-0.4, -0.2) is 18.6 Å². The Morgan fingerprint density at radius 3 is 2.29 bits per heavy atom. The van der Waals surface area contributed by atoms with Gasteiger partial charge in [-0.15, -0.1) is 0 Å². The van der Waals surface area contributed by atoms with E-state index >= 15 is 0 Å². The van der Waals surface area contributed by atoms with Crippen molar-refractivity contribution in [3.63, 3.8) is 0 Å². The van der Waals surface area contributed by atoms with Crippen molar-refractivity contribution in [3.05, 3.63) is 24.3 Å². The first-order chi connectivity index (χ1) is 9.90. The molecule has 118 valence electrons. The van der Waals surface area contributed by atoms with Crippen LogP contribution in [0.15, 0.2) is 24.3 Å². The molecule has 1 aromatic carbocycles. The molecule has 1 amide bonds. The number of ether oxygens (including phenoxy) is 1. The van der Waals surface area contributed by atoms with Crippen LogP contribution < -0.4 is 15.8 Å². The van der Waals surface area contributed by atoms with Crippen molar-refractivity contribution in [3.8, 4) is 5.75 Å². The van der Waals surface area contributed by atoms with Gasteiger partial charge in [-0.1, -0.05) is 13.8 Å². The molecule has 1 unspecified atom stereocenters. The molecule has 4 nitrogen and oxygen atoms in total. The lowest BCUT2D eigenvalue weighted by molar-refractivity contribution is -0.117. The van der Waals surface area contributed by atoms with Gasteiger partial charge in [0.1, 0.15) is 5.75 Å². The van der Waals surface area contributed by atoms with Crippen molar-refractivity contribution >= 4 is 11.6 Å². The fourth-order valence-corrected chi connectivity index (χ4v) is 2.29. The van der Waals surface area contributed by atoms with Crippen molar-refractivity contribution in [1.82, 2.24) is 0 Å². The van der Waals surface area contributed by atoms with Gasteiger partial charge in [0.15, 0.2) is 0 Å². The zero-order valence-electron chi connectivity index (χ0n) is 13.6. The van der Waals surface area contributed by atoms with Gasteiger partial charge < -0.3 is 15.8 Å². The quantitative estimate of drug-likeness (QED) is 0.771. The maximum atomic E-state index is 12.0. The Balaban J connectivity index is 2.50. The highest BCUT2D eigenvalue weighted by Crippen LogP contribution is 2.19. The zero-order valence-corrected chi connectivity index (χ0v) is 13.6. The van der Waals surface area contributed by atoms with E-state index in [0.29, 0.717) is 18.9 Å². The second-order valence-electron chi connectivity index (χ2n) is 6.17. The Labute approximate surface area is 128 Å². The van der Waals surface area contributed by atoms with Gasteiger partial charge in [0.05, 0.1) is 6.10 Å². The van der Waals surface area contributed by atoms with Crippen molar-refractivity contribution < 1.29 is 9.53 Å². The van der Waals surface area contributed by atoms with Crippen LogP contribution in [0, 0.1) is 11.8 Å². The molecule has 21 heavy (non-hydrogen) atoms. The van der Waals surface area contributed by atoms with E-state index < -0.39 is 0 Å². The van der Waals surface area contributed by atoms with Crippen LogP contribution in [0.3, 0.4) is 0 Å². The van der Waals surface area contributed by atoms with E-state index in [1.807, 2.05) is 38.1 Å². The van der Waals surface area contributed by atoms with E-state index in [1.165, 1.54) is 0 Å². The Kier molecular flexibility index (Phi) is 7.23. The van der Waals surface area contributed by atoms with Crippen molar-refractivity contribution in [2.75, 3.05) is 11.9 Å². The van der Waals surface area contributed by atoms with Crippen LogP contribution in [0.25, 0.3) is 0 Å². The third kappa shape index (κ3) is 7.14. The summed E-state index contributed by atoms with van der Waals surface area (Å²) < 4.78 is 5.57. The van der Waals surface area contributed by atoms with Crippen LogP contribution in [0.5, 0.6) is 5.75 Å². The maximum Gasteiger partial charge on any atom is 0.224 e. The molecule has 0 aromatic heterocycles. The molecular formula is C17H28N2O2. The number of hydrogen-bond acceptors (Lipinski definition) is 3. The minimum atomic E-state index is 0.0172. The standard InChI is InChI=1S/C17H28N2O2/c1-12(2)9-14(11-18)10-17(20)19-15-5-7-16(8-6-15)21-13(3)4/h5-8,12-14H,9-11,18H2,1-4H3,(H,19,20). The second-order valence-corrected chi connectivity index (χ2v) is 6.17. The highest BCUT2D eigenvalue weighted by molar-refractivity contribution is 5.90. The number of amides is 1. The smallest absolute Gasteiger partial charge is 0.224 e. The number of hydrogen-bond donors (Lipinski definition) is 2. The Morgan fingerprint density at radius 2 is 1.81 bits per heavy atom. The average Bonchev–Trinajstić information content (AvgIpc) is 2.39. The minimum absolute atomic E-state index is 0.0172. The Bertz CT molecular complexity index is 427. The molecule has 0 saturated carbocycles. The first-order valence-electron chi connectivity index (χ1n) is 7.67. The molecule has 0 bridgehead atoms. The molecule has 3 N–H and O–H groups in total. The normalized spacial score (nSPS) is 12.5. The molecule has 0 radical (unpaired) electrons. The van der Waals surface area contributed by atoms with Gasteiger partial charge in [-0.3, -0.25) is 4.79 Å². The highest BCUT2D eigenvalue weighted by Gasteiger charge is 2.14. The lowest BCUT2D eigenvalue weighted by atomic mass is 9.94. The van der Waals surface area contributed by atoms with Crippen LogP contribution in [-0.2, 0) is 4.79 Å². The van der Waals surface area contributed by atoms with Gasteiger partial charge >= 0.3 is 0 Å². The van der Waals surface area contributed by atoms with Gasteiger partial charge in [-0.05, 0) is 62.9 Å². The summed E-state index contributed by atoms with van der Waals surface area (Å²) in [6.07, 6.45) is 1.59. The van der Waals surface area contributed by atoms with E-state index in [4.69, 9.17) is 10.5 Å². The SMILES string of the molecule is CC(C)CC(CN)CC(=O)Nc1ccc(OC(C)C)cc1. The minimum Gasteiger partial charge on any atom is -0.491 e. The topological polar surface area (TPSA) is 64.4 Å². The van der Waals surface area contributed by atoms with Gasteiger partial charge in [0.2, 0.25) is 5.91 Å². The number of anilines is 1. The highest BCUT2D eigenvalue weighted by atomic mass is 16.5. The lowest BCUT2D eigenvalue weighted by Crippen LogP contribution is -2.23. The number of carbonyl (C=O) groups is 1. The second kappa shape index (κ2) is 8.67. The number of nitrogens with one attached hydrogen (secondary N) is 1. The zero-order chi connectivity index (χ0) is 15.8. The lowest BCUT2D eigenvalue weighted by Gasteiger charge is -2.16. The molecule has 0 heterocycles. The summed E-state index contributed by atoms with van der Waals surface area (Å²) in [5.41, 5.74) is 6.52. The van der Waals surface area contributed by atoms with Gasteiger partial charge in [0.25, 0.3) is 0 Å². The van der Waals surface area contributed by atoms with Gasteiger partial charge in [-0.2, -0.15) is 0 Å². The van der Waals surface area contributed by atoms with Gasteiger partial charge in [-0.25, -0.2) is 0 Å². The molecule has 1 rings (SSSR count). The Morgan fingerprint density at radius 1 is 1.19 bits per heavy atom. The fraction of sp³-hybridized carbons (Fsp3) is 0.588. The largest absolute Gasteiger partial charge is 0.491 e. The summed E-state index contributed by atoms with van der Waals surface area (Å²) in [5.74, 6) is 1.62. The molecule has 0 fully saturated rings. The van der Waals surface area contributed by atoms with E-state index in [0.717, 1.165) is 17.9 Å². The van der Waals surface area contributed by atoms with Crippen LogP contribution >= 0.6 is 0 Å². The molecule has 0 aliphatic carbocycles. The summed E-state index contributed by atoms with van der Waals surface area (Å²) in [6.45, 7) is 8.81. The Hall–Kier alpha value is -1.55. The molecule has 0 saturated heterocycles. The average molecular weight is 292 g/mol. The van der Waals surface area contributed by atoms with E-state index in [2.05, 4.69) is 19.2 Å². The molecule has 1 atom stereocenters. The fourth-order valence-electron chi connectivity index (χ4n) is 2.29. The van der Waals surface area contributed by atoms with Crippen LogP contribution in [0.1, 0.15) is 40.5 Å². The van der Waals surface area contributed by atoms with Crippen LogP contribution in [0.4, 0.5) is 5.69 Å². The number of benzene rings is 1. The van der Waals surface area contributed by atoms with Crippen molar-refractivity contribution in [1.29, 1.82) is 0 Å². The first-order valence-corrected chi connectivity index (χ1v) is 7.67. The monoisotopic (exact) mass is 292 g/mol. The summed E-state index contributed by atoms with van der Waals surface area (Å²) in [5, 5.41) is 2.91. The summed E-state index contributed by atoms with van der Waals surface area (Å²) in [4.78, 5) is 12.0. The molecular weight excluding hydrogens is 264 g/mol. The third-order valence-electron chi connectivity index (χ3n) is 3.12. The molecule has 1 aromatic rings. The molecule has 0 spiro atoms. The van der Waals surface area contributed by atoms with E-state index in [-0.39, 0.29) is 17.9 Å². The predicted octanol–water partition coefficient (Wildman–Crippen LogP) is 3.42. The predicted molar refractivity (Wildman–Crippen MR) is 87.5 cm³/mol. The van der Waals surface area contributed by atoms with Crippen molar-refractivity contribution in [2.45, 2.75) is 46.6 Å². The van der Waals surface area contributed by atoms with Gasteiger partial charge in [0, 0.05) is 12.1 Å². The van der Waals surface area contributed by atoms with Crippen molar-refractivity contribution in [2.24, 2.45) is 17.6 Å².